The van der Waals surface area contributed by atoms with Gasteiger partial charge in [-0.15, -0.1) is 0 Å². The summed E-state index contributed by atoms with van der Waals surface area (Å²) in [6.45, 7) is 33.6. The van der Waals surface area contributed by atoms with Gasteiger partial charge >= 0.3 is 0 Å². The largest absolute Gasteiger partial charge is 0.497 e. The Labute approximate surface area is 817 Å². The Morgan fingerprint density at radius 1 is 0.225 bits per heavy atom. The Hall–Kier alpha value is -13.7. The van der Waals surface area contributed by atoms with Gasteiger partial charge in [0, 0.05) is 205 Å². The zero-order chi connectivity index (χ0) is 95.4. The lowest BCUT2D eigenvalue weighted by atomic mass is 10.1. The number of benzene rings is 14. The van der Waals surface area contributed by atoms with Crippen LogP contribution >= 0.6 is 0 Å². The zero-order valence-corrected chi connectivity index (χ0v) is 87.6. The average Bonchev–Trinajstić information content (AvgIpc) is 1.57. The van der Waals surface area contributed by atoms with Gasteiger partial charge in [0.05, 0.1) is 45.1 Å². The van der Waals surface area contributed by atoms with Gasteiger partial charge in [0.25, 0.3) is 0 Å². The third kappa shape index (κ3) is 15.3. The number of para-hydroxylation sites is 3. The summed E-state index contributed by atoms with van der Waals surface area (Å²) in [5, 5.41) is 9.85. The second-order valence-electron chi connectivity index (χ2n) is 43.3. The number of ether oxygens (including phenoxy) is 2. The predicted octanol–water partition coefficient (Wildman–Crippen LogP) is 31.7. The van der Waals surface area contributed by atoms with E-state index in [1.54, 1.807) is 14.2 Å². The number of hydrogen-bond acceptors (Lipinski definition) is 2. The fourth-order valence-electron chi connectivity index (χ4n) is 24.2. The average molecular weight is 1870 g/mol. The number of rotatable bonds is 7. The summed E-state index contributed by atoms with van der Waals surface area (Å²) < 4.78 is 28.3. The van der Waals surface area contributed by atoms with Crippen molar-refractivity contribution in [2.24, 2.45) is 21.1 Å². The van der Waals surface area contributed by atoms with Gasteiger partial charge in [-0.2, -0.15) is 0 Å². The van der Waals surface area contributed by atoms with Crippen LogP contribution < -0.4 is 9.47 Å². The van der Waals surface area contributed by atoms with Gasteiger partial charge in [0.1, 0.15) is 11.5 Å². The maximum Gasteiger partial charge on any atom is 0.153 e. The van der Waals surface area contributed by atoms with Crippen LogP contribution in [0.3, 0.4) is 0 Å². The predicted molar refractivity (Wildman–Crippen MR) is 596 cm³/mol. The van der Waals surface area contributed by atoms with Crippen LogP contribution in [0, 0.1) is 13.8 Å². The molecular formula is C125H125N7O2Si4. The number of methoxy groups -OCH3 is 2. The Morgan fingerprint density at radius 2 is 0.449 bits per heavy atom. The van der Waals surface area contributed by atoms with Gasteiger partial charge in [-0.25, -0.2) is 0 Å². The van der Waals surface area contributed by atoms with E-state index < -0.39 is 32.8 Å². The number of aryl methyl sites for hydroxylation is 5. The van der Waals surface area contributed by atoms with Crippen molar-refractivity contribution < 1.29 is 9.47 Å². The van der Waals surface area contributed by atoms with Gasteiger partial charge < -0.3 is 40.4 Å². The van der Waals surface area contributed by atoms with Crippen LogP contribution in [-0.2, 0) is 72.3 Å². The van der Waals surface area contributed by atoms with Gasteiger partial charge in [-0.3, -0.25) is 0 Å². The van der Waals surface area contributed by atoms with Crippen LogP contribution in [-0.4, -0.2) is 78.0 Å². The Bertz CT molecular complexity index is 8490. The van der Waals surface area contributed by atoms with Gasteiger partial charge in [-0.1, -0.05) is 326 Å². The van der Waals surface area contributed by atoms with E-state index in [9.17, 15) is 0 Å². The molecule has 0 fully saturated rings. The molecule has 0 bridgehead atoms. The normalized spacial score (nSPS) is 13.2. The van der Waals surface area contributed by atoms with Crippen molar-refractivity contribution in [2.75, 3.05) is 14.2 Å². The van der Waals surface area contributed by atoms with E-state index >= 15 is 0 Å². The highest BCUT2D eigenvalue weighted by molar-refractivity contribution is 6.77. The molecule has 14 aromatic carbocycles. The number of hydrogen-bond donors (Lipinski definition) is 0. The zero-order valence-electron chi connectivity index (χ0n) is 83.6. The minimum absolute atomic E-state index is 0.928. The molecule has 7 aromatic heterocycles. The first kappa shape index (κ1) is 89.5. The highest BCUT2D eigenvalue weighted by atomic mass is 28.3. The first-order chi connectivity index (χ1) is 66.5. The standard InChI is InChI=1S/C19H21NOSi.2C19H21NSi.C18H19NSi.C17H15NO.C17H15N.C16H13N/c1-21-14-9-10-18-16(12-14)17-11-13-7-5-6-8-15(13)19(17)20(18)22(2,3)4;1-13-9-10-18-16(11-13)17-12-14-7-5-6-8-15(14)19(17)20(18)21(2,3)4;1-21(2,3)13-20-18-11-7-6-10-16(18)17-12-14-8-4-5-9-15(14)19(17)20;1-20(2,3)19-17-11-7-6-10-15(17)16-12-13-8-4-5-9-14(13)18(16)19;1-18-16-8-7-12(19-2)10-14(16)15-9-11-5-3-4-6-13(11)17(15)18;1-11-7-8-16-14(9-11)15-10-12-5-3-4-6-13(12)17(15)18(16)2;1-17-15-9-5-4-8-13(15)14-10-11-6-2-3-7-12(11)16(14)17/h5-10,12H,11H2,1-4H3;5-11H,12H2,1-4H3;4-11H,12-13H2,1-3H3;4-11H,12H2,1-3H3;3-8,10H,9H2,1-2H3;3-9H,10H2,1-2H3;2-9H,10H2,1H3. The highest BCUT2D eigenvalue weighted by Crippen LogP contribution is 2.52. The van der Waals surface area contributed by atoms with Crippen molar-refractivity contribution in [1.82, 2.24) is 31.0 Å². The summed E-state index contributed by atoms with van der Waals surface area (Å²) in [5.74, 6) is 1.87. The highest BCUT2D eigenvalue weighted by Gasteiger charge is 2.38. The number of fused-ring (bicyclic) bond motifs is 35. The lowest BCUT2D eigenvalue weighted by Crippen LogP contribution is -2.32. The molecule has 0 atom stereocenters. The molecule has 28 rings (SSSR count). The fraction of sp³-hybridized carbons (Fsp3) is 0.216. The lowest BCUT2D eigenvalue weighted by Gasteiger charge is -2.24. The minimum Gasteiger partial charge on any atom is -0.497 e. The Morgan fingerprint density at radius 3 is 0.804 bits per heavy atom. The molecule has 0 radical (unpaired) electrons. The molecule has 7 aliphatic carbocycles. The monoisotopic (exact) mass is 1870 g/mol. The first-order valence-electron chi connectivity index (χ1n) is 49.5. The molecule has 138 heavy (non-hydrogen) atoms. The van der Waals surface area contributed by atoms with Crippen LogP contribution in [0.1, 0.15) is 89.0 Å². The minimum atomic E-state index is -1.52. The molecule has 688 valence electrons. The van der Waals surface area contributed by atoms with Gasteiger partial charge in [0.2, 0.25) is 0 Å². The summed E-state index contributed by atoms with van der Waals surface area (Å²) >= 11 is 0. The SMILES string of the molecule is COc1ccc2c(c1)c1c(n2C)-c2ccccc2C1.COc1ccc2c(c1)c1c(n2[Si](C)(C)C)-c2ccccc2C1.C[Si](C)(C)Cn1c2c(c3ccccc31)Cc1ccccc1-2.C[Si](C)(C)n1c2c(c3ccccc31)Cc1ccccc1-2.Cc1ccc2c(c1)c1c(n2C)-c2ccccc2C1.Cc1ccc2c(c1)c1c(n2[Si](C)(C)C)-c2ccccc2C1.Cn1c2c(c3ccccc31)Cc1ccccc1-2. The van der Waals surface area contributed by atoms with E-state index in [2.05, 4.69) is 454 Å². The second kappa shape index (κ2) is 34.5. The van der Waals surface area contributed by atoms with Crippen LogP contribution in [0.2, 0.25) is 78.6 Å². The van der Waals surface area contributed by atoms with Crippen LogP contribution in [0.4, 0.5) is 0 Å². The topological polar surface area (TPSA) is 53.0 Å². The van der Waals surface area contributed by atoms with Crippen LogP contribution in [0.25, 0.3) is 155 Å². The summed E-state index contributed by atoms with van der Waals surface area (Å²) in [7, 11) is 4.33. The molecule has 0 aliphatic heterocycles. The summed E-state index contributed by atoms with van der Waals surface area (Å²) in [6.07, 6.45) is 8.66. The molecule has 7 aliphatic rings. The molecule has 0 saturated carbocycles. The maximum atomic E-state index is 5.46. The first-order valence-corrected chi connectivity index (χ1v) is 63.5. The van der Waals surface area contributed by atoms with Crippen molar-refractivity contribution in [3.63, 3.8) is 0 Å². The third-order valence-corrected chi connectivity index (χ3v) is 36.6. The van der Waals surface area contributed by atoms with Crippen molar-refractivity contribution >= 4 is 109 Å². The third-order valence-electron chi connectivity index (χ3n) is 29.9. The van der Waals surface area contributed by atoms with Crippen molar-refractivity contribution in [1.29, 1.82) is 0 Å². The lowest BCUT2D eigenvalue weighted by molar-refractivity contribution is 0.415. The van der Waals surface area contributed by atoms with E-state index in [1.165, 1.54) is 250 Å². The van der Waals surface area contributed by atoms with E-state index in [-0.39, 0.29) is 0 Å². The molecule has 0 spiro atoms. The molecule has 0 N–H and O–H groups in total. The summed E-state index contributed by atoms with van der Waals surface area (Å²) in [5.41, 5.74) is 53.0. The van der Waals surface area contributed by atoms with Gasteiger partial charge in [0.15, 0.2) is 24.7 Å². The van der Waals surface area contributed by atoms with Gasteiger partial charge in [-0.05, 0) is 171 Å². The van der Waals surface area contributed by atoms with E-state index in [0.29, 0.717) is 0 Å². The molecule has 0 saturated heterocycles. The van der Waals surface area contributed by atoms with E-state index in [4.69, 9.17) is 9.47 Å². The van der Waals surface area contributed by atoms with Crippen molar-refractivity contribution in [3.05, 3.63) is 404 Å². The fourth-order valence-corrected chi connectivity index (χ4v) is 31.0. The maximum absolute atomic E-state index is 5.46. The Balaban J connectivity index is 0.0000000930. The summed E-state index contributed by atoms with van der Waals surface area (Å²) in [4.78, 5) is 0. The Kier molecular flexibility index (Phi) is 22.4. The van der Waals surface area contributed by atoms with E-state index in [0.717, 1.165) is 56.4 Å². The molecule has 7 heterocycles. The van der Waals surface area contributed by atoms with Crippen LogP contribution in [0.15, 0.2) is 315 Å². The molecular weight excluding hydrogens is 1740 g/mol. The molecule has 0 amide bonds. The number of aromatic nitrogens is 7. The van der Waals surface area contributed by atoms with Crippen molar-refractivity contribution in [3.8, 4) is 90.3 Å². The molecule has 0 unspecified atom stereocenters. The van der Waals surface area contributed by atoms with E-state index in [1.807, 2.05) is 6.07 Å². The molecule has 21 aromatic rings. The number of nitrogens with zero attached hydrogens (tertiary/aromatic N) is 7. The second-order valence-corrected chi connectivity index (χ2v) is 63.1. The van der Waals surface area contributed by atoms with Crippen LogP contribution in [0.5, 0.6) is 11.5 Å². The molecule has 9 nitrogen and oxygen atoms in total. The smallest absolute Gasteiger partial charge is 0.153 e. The summed E-state index contributed by atoms with van der Waals surface area (Å²) in [6, 6.07) is 115. The quantitative estimate of drug-likeness (QED) is 0.149. The molecule has 13 heteroatoms. The van der Waals surface area contributed by atoms with Crippen molar-refractivity contribution in [2.45, 2.75) is 144 Å².